The maximum Gasteiger partial charge on any atom is 0.418 e. The van der Waals surface area contributed by atoms with E-state index in [-0.39, 0.29) is 45.4 Å². The van der Waals surface area contributed by atoms with Gasteiger partial charge in [0.15, 0.2) is 5.82 Å². The summed E-state index contributed by atoms with van der Waals surface area (Å²) in [5, 5.41) is 3.32. The Kier molecular flexibility index (Phi) is 7.47. The molecule has 0 unspecified atom stereocenters. The summed E-state index contributed by atoms with van der Waals surface area (Å²) in [6, 6.07) is 2.60. The first-order chi connectivity index (χ1) is 18.5. The zero-order valence-corrected chi connectivity index (χ0v) is 22.6. The van der Waals surface area contributed by atoms with Crippen molar-refractivity contribution in [1.82, 2.24) is 25.2 Å². The first-order valence-electron chi connectivity index (χ1n) is 12.8. The first kappa shape index (κ1) is 27.6. The third-order valence-electron chi connectivity index (χ3n) is 7.45. The van der Waals surface area contributed by atoms with Crippen molar-refractivity contribution in [3.63, 3.8) is 0 Å². The van der Waals surface area contributed by atoms with Gasteiger partial charge in [0.2, 0.25) is 0 Å². The Labute approximate surface area is 228 Å². The van der Waals surface area contributed by atoms with Crippen LogP contribution in [0.25, 0.3) is 22.2 Å². The number of hydrogen-bond donors (Lipinski definition) is 2. The number of aryl methyl sites for hydroxylation is 1. The van der Waals surface area contributed by atoms with E-state index in [2.05, 4.69) is 25.2 Å². The minimum Gasteiger partial charge on any atom is -0.462 e. The largest absolute Gasteiger partial charge is 0.462 e. The van der Waals surface area contributed by atoms with E-state index < -0.39 is 28.8 Å². The Hall–Kier alpha value is -2.96. The van der Waals surface area contributed by atoms with Crippen LogP contribution in [-0.2, 0) is 6.18 Å². The van der Waals surface area contributed by atoms with E-state index in [4.69, 9.17) is 22.1 Å². The number of nitrogens with two attached hydrogens (primary N) is 1. The number of ether oxygens (including phenoxy) is 1. The van der Waals surface area contributed by atoms with Crippen LogP contribution in [0.3, 0.4) is 0 Å². The summed E-state index contributed by atoms with van der Waals surface area (Å²) in [4.78, 5) is 17.0. The van der Waals surface area contributed by atoms with Gasteiger partial charge in [-0.15, -0.1) is 0 Å². The zero-order valence-electron chi connectivity index (χ0n) is 21.9. The second kappa shape index (κ2) is 10.5. The molecule has 0 amide bonds. The van der Waals surface area contributed by atoms with Crippen LogP contribution in [0.1, 0.15) is 30.9 Å². The molecular formula is C26H30ClF4N7O. The molecule has 0 radical (unpaired) electrons. The molecule has 2 atom stereocenters. The highest BCUT2D eigenvalue weighted by Crippen LogP contribution is 2.44. The number of aromatic nitrogens is 3. The molecule has 39 heavy (non-hydrogen) atoms. The van der Waals surface area contributed by atoms with E-state index in [9.17, 15) is 13.2 Å². The Morgan fingerprint density at radius 1 is 1.21 bits per heavy atom. The lowest BCUT2D eigenvalue weighted by atomic mass is 9.99. The second-order valence-electron chi connectivity index (χ2n) is 10.2. The van der Waals surface area contributed by atoms with Crippen LogP contribution >= 0.6 is 11.6 Å². The van der Waals surface area contributed by atoms with Crippen molar-refractivity contribution >= 4 is 34.1 Å². The van der Waals surface area contributed by atoms with E-state index in [1.54, 1.807) is 0 Å². The van der Waals surface area contributed by atoms with Gasteiger partial charge in [-0.2, -0.15) is 23.1 Å². The lowest BCUT2D eigenvalue weighted by Crippen LogP contribution is -2.50. The molecule has 2 aliphatic rings. The van der Waals surface area contributed by atoms with E-state index >= 15 is 4.39 Å². The predicted octanol–water partition coefficient (Wildman–Crippen LogP) is 4.66. The zero-order chi connectivity index (χ0) is 28.1. The van der Waals surface area contributed by atoms with Gasteiger partial charge < -0.3 is 25.6 Å². The maximum absolute atomic E-state index is 16.4. The number of nitrogens with one attached hydrogen (secondary N) is 1. The van der Waals surface area contributed by atoms with E-state index in [0.29, 0.717) is 32.1 Å². The molecule has 2 aromatic heterocycles. The molecule has 2 saturated heterocycles. The molecule has 0 spiro atoms. The number of likely N-dealkylation sites (tertiary alicyclic amines) is 1. The number of piperazine rings is 1. The third-order valence-corrected chi connectivity index (χ3v) is 7.75. The Morgan fingerprint density at radius 3 is 2.64 bits per heavy atom. The molecule has 210 valence electrons. The molecule has 0 aliphatic carbocycles. The van der Waals surface area contributed by atoms with Crippen LogP contribution in [0.4, 0.5) is 29.2 Å². The lowest BCUT2D eigenvalue weighted by Gasteiger charge is -2.35. The number of likely N-dealkylation sites (N-methyl/N-ethyl adjacent to an activating group) is 1. The summed E-state index contributed by atoms with van der Waals surface area (Å²) in [6.45, 7) is 6.41. The van der Waals surface area contributed by atoms with Crippen LogP contribution in [0.15, 0.2) is 12.1 Å². The number of benzene rings is 1. The summed E-state index contributed by atoms with van der Waals surface area (Å²) in [7, 11) is 2.00. The van der Waals surface area contributed by atoms with Crippen molar-refractivity contribution in [2.75, 3.05) is 50.5 Å². The number of halogens is 5. The summed E-state index contributed by atoms with van der Waals surface area (Å²) < 4.78 is 64.6. The van der Waals surface area contributed by atoms with Gasteiger partial charge >= 0.3 is 12.2 Å². The highest BCUT2D eigenvalue weighted by molar-refractivity contribution is 6.34. The van der Waals surface area contributed by atoms with Crippen molar-refractivity contribution in [1.29, 1.82) is 0 Å². The van der Waals surface area contributed by atoms with Crippen molar-refractivity contribution in [3.8, 4) is 17.3 Å². The molecule has 13 heteroatoms. The van der Waals surface area contributed by atoms with Crippen LogP contribution in [0, 0.1) is 12.7 Å². The molecule has 1 aromatic carbocycles. The molecule has 2 aliphatic heterocycles. The summed E-state index contributed by atoms with van der Waals surface area (Å²) >= 11 is 6.51. The summed E-state index contributed by atoms with van der Waals surface area (Å²) in [6.07, 6.45) is -2.84. The molecule has 2 fully saturated rings. The van der Waals surface area contributed by atoms with Crippen molar-refractivity contribution in [2.45, 2.75) is 44.9 Å². The molecule has 0 saturated carbocycles. The average molecular weight is 568 g/mol. The number of anilines is 2. The Bertz CT molecular complexity index is 1400. The van der Waals surface area contributed by atoms with Gasteiger partial charge in [-0.1, -0.05) is 11.6 Å². The van der Waals surface area contributed by atoms with Gasteiger partial charge in [0, 0.05) is 37.1 Å². The van der Waals surface area contributed by atoms with Crippen molar-refractivity contribution in [2.24, 2.45) is 0 Å². The number of hydrogen-bond acceptors (Lipinski definition) is 8. The summed E-state index contributed by atoms with van der Waals surface area (Å²) in [5.74, 6) is -0.826. The highest BCUT2D eigenvalue weighted by Gasteiger charge is 2.38. The quantitative estimate of drug-likeness (QED) is 0.430. The maximum atomic E-state index is 16.4. The van der Waals surface area contributed by atoms with Crippen molar-refractivity contribution < 1.29 is 22.3 Å². The molecule has 8 nitrogen and oxygen atoms in total. The Morgan fingerprint density at radius 2 is 1.97 bits per heavy atom. The van der Waals surface area contributed by atoms with Gasteiger partial charge in [0.1, 0.15) is 23.8 Å². The van der Waals surface area contributed by atoms with Gasteiger partial charge in [-0.25, -0.2) is 9.37 Å². The predicted molar refractivity (Wildman–Crippen MR) is 143 cm³/mol. The second-order valence-corrected chi connectivity index (χ2v) is 10.6. The molecule has 3 N–H and O–H groups in total. The highest BCUT2D eigenvalue weighted by atomic mass is 35.5. The molecule has 5 rings (SSSR count). The standard InChI is InChI=1S/C26H30ClF4N7O/c1-13-9-18(32)34-23(20(13)26(29,30)31)19-17(27)10-16-22(21(19)28)35-25(39-12-15-5-4-7-37(15)3)36-24(16)38-8-6-33-11-14(38)2/h9-10,14-15,33H,4-8,11-12H2,1-3H3,(H2,32,34)/t14-,15-/m0/s1. The lowest BCUT2D eigenvalue weighted by molar-refractivity contribution is -0.137. The van der Waals surface area contributed by atoms with Crippen LogP contribution in [0.2, 0.25) is 5.02 Å². The van der Waals surface area contributed by atoms with E-state index in [1.165, 1.54) is 13.0 Å². The minimum atomic E-state index is -4.82. The Balaban J connectivity index is 1.71. The number of pyridine rings is 1. The normalized spacial score (nSPS) is 20.7. The first-order valence-corrected chi connectivity index (χ1v) is 13.2. The van der Waals surface area contributed by atoms with Crippen LogP contribution < -0.4 is 20.7 Å². The number of alkyl halides is 3. The SMILES string of the molecule is Cc1cc(N)nc(-c2c(Cl)cc3c(N4CCNC[C@@H]4C)nc(OC[C@@H]4CCCN4C)nc3c2F)c1C(F)(F)F. The third kappa shape index (κ3) is 5.29. The fraction of sp³-hybridized carbons (Fsp3) is 0.500. The number of fused-ring (bicyclic) bond motifs is 1. The van der Waals surface area contributed by atoms with Gasteiger partial charge in [-0.3, -0.25) is 0 Å². The smallest absolute Gasteiger partial charge is 0.418 e. The van der Waals surface area contributed by atoms with E-state index in [1.807, 2.05) is 18.9 Å². The monoisotopic (exact) mass is 567 g/mol. The number of rotatable bonds is 5. The summed E-state index contributed by atoms with van der Waals surface area (Å²) in [5.41, 5.74) is 3.08. The van der Waals surface area contributed by atoms with Gasteiger partial charge in [0.25, 0.3) is 0 Å². The van der Waals surface area contributed by atoms with Crippen molar-refractivity contribution in [3.05, 3.63) is 34.1 Å². The molecule has 4 heterocycles. The number of nitrogens with zero attached hydrogens (tertiary/aromatic N) is 5. The fourth-order valence-corrected chi connectivity index (χ4v) is 5.70. The van der Waals surface area contributed by atoms with Gasteiger partial charge in [0.05, 0.1) is 21.8 Å². The van der Waals surface area contributed by atoms with Crippen LogP contribution in [-0.4, -0.2) is 71.8 Å². The molecular weight excluding hydrogens is 538 g/mol. The van der Waals surface area contributed by atoms with E-state index in [0.717, 1.165) is 25.5 Å². The van der Waals surface area contributed by atoms with Crippen LogP contribution in [0.5, 0.6) is 6.01 Å². The number of nitrogen functional groups attached to an aromatic ring is 1. The molecule has 0 bridgehead atoms. The fourth-order valence-electron chi connectivity index (χ4n) is 5.41. The van der Waals surface area contributed by atoms with Gasteiger partial charge in [-0.05, 0) is 58.0 Å². The molecule has 3 aromatic rings. The topological polar surface area (TPSA) is 92.4 Å². The average Bonchev–Trinajstić information content (AvgIpc) is 3.26. The minimum absolute atomic E-state index is 0.00208.